The number of carbonyl (C=O) groups is 4. The molecule has 0 bridgehead atoms. The van der Waals surface area contributed by atoms with E-state index in [0.29, 0.717) is 27.5 Å². The summed E-state index contributed by atoms with van der Waals surface area (Å²) >= 11 is 11.9. The van der Waals surface area contributed by atoms with Crippen molar-refractivity contribution in [2.45, 2.75) is 65.3 Å². The average molecular weight is 695 g/mol. The Bertz CT molecular complexity index is 1840. The Balaban J connectivity index is 2.08. The van der Waals surface area contributed by atoms with Gasteiger partial charge in [0.05, 0.1) is 16.9 Å². The van der Waals surface area contributed by atoms with Gasteiger partial charge < -0.3 is 23.7 Å². The van der Waals surface area contributed by atoms with Crippen LogP contribution in [0.3, 0.4) is 0 Å². The van der Waals surface area contributed by atoms with Crippen LogP contribution in [0.2, 0.25) is 5.02 Å². The Labute approximate surface area is 286 Å². The first kappa shape index (κ1) is 35.9. The van der Waals surface area contributed by atoms with Crippen LogP contribution in [0, 0.1) is 22.9 Å². The van der Waals surface area contributed by atoms with Crippen molar-refractivity contribution < 1.29 is 42.9 Å². The molecule has 1 saturated heterocycles. The first-order valence-electron chi connectivity index (χ1n) is 14.5. The van der Waals surface area contributed by atoms with Gasteiger partial charge in [-0.3, -0.25) is 23.7 Å². The minimum absolute atomic E-state index is 0.0302. The van der Waals surface area contributed by atoms with Crippen LogP contribution >= 0.6 is 23.8 Å². The number of nitrogens with zero attached hydrogens (tertiary/aromatic N) is 4. The number of ether oxygens (including phenoxy) is 5. The summed E-state index contributed by atoms with van der Waals surface area (Å²) in [5.74, 6) is -3.04. The number of hydrogen-bond donors (Lipinski definition) is 0. The molecule has 3 aromatic rings. The highest BCUT2D eigenvalue weighted by Crippen LogP contribution is 2.43. The van der Waals surface area contributed by atoms with Gasteiger partial charge in [-0.05, 0) is 36.8 Å². The molecule has 5 atom stereocenters. The van der Waals surface area contributed by atoms with Gasteiger partial charge in [0.15, 0.2) is 24.5 Å². The lowest BCUT2D eigenvalue weighted by molar-refractivity contribution is -0.268. The molecule has 0 radical (unpaired) electrons. The molecule has 1 aromatic heterocycles. The summed E-state index contributed by atoms with van der Waals surface area (Å²) < 4.78 is 30.0. The number of rotatable bonds is 9. The van der Waals surface area contributed by atoms with Crippen molar-refractivity contribution in [3.8, 4) is 17.3 Å². The number of nitriles is 1. The molecule has 1 fully saturated rings. The van der Waals surface area contributed by atoms with Crippen LogP contribution in [0.15, 0.2) is 64.8 Å². The lowest BCUT2D eigenvalue weighted by Crippen LogP contribution is -2.60. The molecular weight excluding hydrogens is 664 g/mol. The van der Waals surface area contributed by atoms with Gasteiger partial charge in [0.1, 0.15) is 29.1 Å². The van der Waals surface area contributed by atoms with Crippen molar-refractivity contribution >= 4 is 59.1 Å². The number of aromatic nitrogens is 1. The molecule has 1 aliphatic heterocycles. The first-order chi connectivity index (χ1) is 22.8. The third-order valence-electron chi connectivity index (χ3n) is 7.10. The van der Waals surface area contributed by atoms with Crippen molar-refractivity contribution in [3.63, 3.8) is 0 Å². The monoisotopic (exact) mass is 694 g/mol. The van der Waals surface area contributed by atoms with Gasteiger partial charge in [-0.1, -0.05) is 54.2 Å². The average Bonchev–Trinajstić information content (AvgIpc) is 3.02. The second-order valence-corrected chi connectivity index (χ2v) is 11.4. The molecule has 2 heterocycles. The Hall–Kier alpha value is -4.97. The standard InChI is InChI=1S/C33H31ClN4O9S/c1-17-25(15-35)33(48)38(28(22-9-7-6-8-10-22)27(17)37-36-24-13-11-23(34)12-14-24)32-31(46-21(5)42)30(45-20(4)41)29(44-19(3)40)26(47-32)16-43-18(2)39/h6-14,26,29-32H,16H2,1-5H3/t26-,29+,30+,31+,32+/m0/s1. The van der Waals surface area contributed by atoms with Gasteiger partial charge in [0.25, 0.3) is 0 Å². The topological polar surface area (TPSA) is 168 Å². The number of esters is 4. The Morgan fingerprint density at radius 1 is 0.875 bits per heavy atom. The number of benzene rings is 2. The van der Waals surface area contributed by atoms with E-state index in [0.717, 1.165) is 20.8 Å². The zero-order valence-corrected chi connectivity index (χ0v) is 28.1. The summed E-state index contributed by atoms with van der Waals surface area (Å²) in [6.45, 7) is 5.76. The first-order valence-corrected chi connectivity index (χ1v) is 15.3. The molecule has 0 saturated carbocycles. The Kier molecular flexibility index (Phi) is 11.8. The summed E-state index contributed by atoms with van der Waals surface area (Å²) in [7, 11) is 0. The van der Waals surface area contributed by atoms with Crippen LogP contribution in [-0.2, 0) is 42.9 Å². The predicted molar refractivity (Wildman–Crippen MR) is 173 cm³/mol. The van der Waals surface area contributed by atoms with Crippen molar-refractivity contribution in [1.29, 1.82) is 5.26 Å². The van der Waals surface area contributed by atoms with E-state index in [1.807, 2.05) is 0 Å². The second-order valence-electron chi connectivity index (χ2n) is 10.6. The molecule has 4 rings (SSSR count). The van der Waals surface area contributed by atoms with E-state index in [1.165, 1.54) is 11.5 Å². The molecule has 2 aromatic carbocycles. The fraction of sp³-hybridized carbons (Fsp3) is 0.333. The normalized spacial score (nSPS) is 20.4. The van der Waals surface area contributed by atoms with Crippen LogP contribution in [-0.4, -0.2) is 59.5 Å². The molecule has 1 aliphatic rings. The molecule has 0 aliphatic carbocycles. The van der Waals surface area contributed by atoms with Gasteiger partial charge >= 0.3 is 23.9 Å². The SMILES string of the molecule is CC(=O)OC[C@@H]1O[C@@H](n2c(-c3ccccc3)c(N=Nc3ccc(Cl)cc3)c(C)c(C#N)c2=S)[C@H](OC(C)=O)[C@H](OC(C)=O)[C@@H]1OC(C)=O. The highest BCUT2D eigenvalue weighted by Gasteiger charge is 2.53. The molecule has 48 heavy (non-hydrogen) atoms. The van der Waals surface area contributed by atoms with Crippen molar-refractivity contribution in [2.24, 2.45) is 10.2 Å². The second kappa shape index (κ2) is 15.7. The minimum Gasteiger partial charge on any atom is -0.463 e. The molecular formula is C33H31ClN4O9S. The molecule has 0 spiro atoms. The van der Waals surface area contributed by atoms with E-state index < -0.39 is 61.1 Å². The lowest BCUT2D eigenvalue weighted by Gasteiger charge is -2.45. The molecule has 0 N–H and O–H groups in total. The largest absolute Gasteiger partial charge is 0.463 e. The van der Waals surface area contributed by atoms with E-state index in [4.69, 9.17) is 47.5 Å². The van der Waals surface area contributed by atoms with Crippen molar-refractivity contribution in [1.82, 2.24) is 4.57 Å². The predicted octanol–water partition coefficient (Wildman–Crippen LogP) is 6.39. The highest BCUT2D eigenvalue weighted by molar-refractivity contribution is 7.71. The number of hydrogen-bond acceptors (Lipinski definition) is 13. The van der Waals surface area contributed by atoms with Gasteiger partial charge in [-0.15, -0.1) is 5.11 Å². The zero-order valence-electron chi connectivity index (χ0n) is 26.5. The summed E-state index contributed by atoms with van der Waals surface area (Å²) in [6.07, 6.45) is -7.11. The van der Waals surface area contributed by atoms with E-state index in [2.05, 4.69) is 16.3 Å². The van der Waals surface area contributed by atoms with E-state index in [-0.39, 0.29) is 15.9 Å². The molecule has 0 amide bonds. The summed E-state index contributed by atoms with van der Waals surface area (Å²) in [5, 5.41) is 19.8. The summed E-state index contributed by atoms with van der Waals surface area (Å²) in [4.78, 5) is 49.2. The van der Waals surface area contributed by atoms with Crippen LogP contribution in [0.1, 0.15) is 45.0 Å². The van der Waals surface area contributed by atoms with Crippen LogP contribution in [0.4, 0.5) is 11.4 Å². The van der Waals surface area contributed by atoms with Gasteiger partial charge in [-0.2, -0.15) is 10.4 Å². The fourth-order valence-electron chi connectivity index (χ4n) is 5.19. The Morgan fingerprint density at radius 2 is 1.46 bits per heavy atom. The Morgan fingerprint density at radius 3 is 2.02 bits per heavy atom. The molecule has 0 unspecified atom stereocenters. The maximum Gasteiger partial charge on any atom is 0.303 e. The third-order valence-corrected chi connectivity index (χ3v) is 7.75. The summed E-state index contributed by atoms with van der Waals surface area (Å²) in [5.41, 5.74) is 1.94. The fourth-order valence-corrected chi connectivity index (χ4v) is 5.71. The van der Waals surface area contributed by atoms with Crippen molar-refractivity contribution in [3.05, 3.63) is 75.4 Å². The highest BCUT2D eigenvalue weighted by atomic mass is 35.5. The maximum absolute atomic E-state index is 12.6. The minimum atomic E-state index is -1.51. The van der Waals surface area contributed by atoms with Gasteiger partial charge in [0, 0.05) is 38.3 Å². The third kappa shape index (κ3) is 8.29. The van der Waals surface area contributed by atoms with Crippen LogP contribution < -0.4 is 0 Å². The zero-order chi connectivity index (χ0) is 35.1. The van der Waals surface area contributed by atoms with Gasteiger partial charge in [0.2, 0.25) is 0 Å². The summed E-state index contributed by atoms with van der Waals surface area (Å²) in [6, 6.07) is 17.6. The number of pyridine rings is 1. The van der Waals surface area contributed by atoms with Crippen LogP contribution in [0.5, 0.6) is 0 Å². The number of azo groups is 1. The number of halogens is 1. The van der Waals surface area contributed by atoms with E-state index >= 15 is 0 Å². The smallest absolute Gasteiger partial charge is 0.303 e. The lowest BCUT2D eigenvalue weighted by atomic mass is 9.95. The van der Waals surface area contributed by atoms with E-state index in [9.17, 15) is 24.4 Å². The van der Waals surface area contributed by atoms with Crippen molar-refractivity contribution in [2.75, 3.05) is 6.61 Å². The van der Waals surface area contributed by atoms with E-state index in [1.54, 1.807) is 61.5 Å². The quantitative estimate of drug-likeness (QED) is 0.105. The molecule has 250 valence electrons. The molecule has 15 heteroatoms. The maximum atomic E-state index is 12.6. The van der Waals surface area contributed by atoms with Crippen LogP contribution in [0.25, 0.3) is 11.3 Å². The van der Waals surface area contributed by atoms with Gasteiger partial charge in [-0.25, -0.2) is 0 Å². The number of carbonyl (C=O) groups excluding carboxylic acids is 4. The molecule has 13 nitrogen and oxygen atoms in total.